The number of carbonyl (C=O) groups is 2. The van der Waals surface area contributed by atoms with Gasteiger partial charge in [0.2, 0.25) is 5.12 Å². The fourth-order valence-corrected chi connectivity index (χ4v) is 11.0. The highest BCUT2D eigenvalue weighted by molar-refractivity contribution is 8.14. The zero-order valence-electron chi connectivity index (χ0n) is 25.6. The number of thioether (sulfide) groups is 1. The van der Waals surface area contributed by atoms with Gasteiger partial charge < -0.3 is 20.7 Å². The summed E-state index contributed by atoms with van der Waals surface area (Å²) in [4.78, 5) is 31.7. The molecule has 6 rings (SSSR count). The maximum absolute atomic E-state index is 14.0. The van der Waals surface area contributed by atoms with Crippen molar-refractivity contribution in [1.29, 1.82) is 0 Å². The zero-order valence-corrected chi connectivity index (χ0v) is 26.4. The lowest BCUT2D eigenvalue weighted by Crippen LogP contribution is -2.62. The van der Waals surface area contributed by atoms with Crippen LogP contribution >= 0.6 is 11.8 Å². The highest BCUT2D eigenvalue weighted by Gasteiger charge is 2.88. The number of aliphatic hydroxyl groups is 2. The van der Waals surface area contributed by atoms with E-state index in [0.29, 0.717) is 24.9 Å². The van der Waals surface area contributed by atoms with E-state index in [4.69, 9.17) is 20.6 Å². The van der Waals surface area contributed by atoms with E-state index in [9.17, 15) is 19.1 Å². The second-order valence-electron chi connectivity index (χ2n) is 13.6. The number of esters is 1. The van der Waals surface area contributed by atoms with E-state index in [1.807, 2.05) is 0 Å². The number of benzene rings is 1. The van der Waals surface area contributed by atoms with E-state index in [1.165, 1.54) is 17.7 Å². The van der Waals surface area contributed by atoms with Gasteiger partial charge in [-0.05, 0) is 98.4 Å². The lowest BCUT2D eigenvalue weighted by atomic mass is 9.45. The fourth-order valence-electron chi connectivity index (χ4n) is 10.1. The van der Waals surface area contributed by atoms with Gasteiger partial charge in [0, 0.05) is 22.7 Å². The number of nitrogens with two attached hydrogens (primary N) is 1. The molecule has 0 aliphatic heterocycles. The Bertz CT molecular complexity index is 1540. The molecular formula is C35H41FN2O5S. The molecule has 3 unspecified atom stereocenters. The average Bonchev–Trinajstić information content (AvgIpc) is 3.65. The van der Waals surface area contributed by atoms with Crippen LogP contribution in [0.3, 0.4) is 0 Å². The molecule has 0 aromatic heterocycles. The molecule has 7 nitrogen and oxygen atoms in total. The van der Waals surface area contributed by atoms with Gasteiger partial charge in [0.05, 0.1) is 23.3 Å². The van der Waals surface area contributed by atoms with Crippen molar-refractivity contribution in [2.75, 3.05) is 12.4 Å². The van der Waals surface area contributed by atoms with Crippen LogP contribution in [0.2, 0.25) is 0 Å². The summed E-state index contributed by atoms with van der Waals surface area (Å²) in [5, 5.41) is 21.1. The molecule has 0 bridgehead atoms. The number of nitrogens with zero attached hydrogens (tertiary/aromatic N) is 1. The van der Waals surface area contributed by atoms with Gasteiger partial charge in [-0.25, -0.2) is 9.38 Å². The molecule has 4 saturated carbocycles. The molecule has 1 aromatic carbocycles. The number of aliphatic imine (C=N–C) groups is 1. The Morgan fingerprint density at radius 1 is 1.23 bits per heavy atom. The number of carbonyl (C=O) groups excluding carboxylic acids is 2. The highest BCUT2D eigenvalue weighted by Crippen LogP contribution is 2.90. The molecular weight excluding hydrogens is 579 g/mol. The average molecular weight is 621 g/mol. The van der Waals surface area contributed by atoms with E-state index in [2.05, 4.69) is 31.8 Å². The van der Waals surface area contributed by atoms with E-state index in [-0.39, 0.29) is 46.5 Å². The predicted octanol–water partition coefficient (Wildman–Crippen LogP) is 5.38. The minimum absolute atomic E-state index is 0.0918. The van der Waals surface area contributed by atoms with E-state index in [1.54, 1.807) is 25.3 Å². The molecule has 9 heteroatoms. The van der Waals surface area contributed by atoms with Crippen molar-refractivity contribution in [2.45, 2.75) is 83.8 Å². The van der Waals surface area contributed by atoms with Crippen molar-refractivity contribution < 1.29 is 28.9 Å². The third kappa shape index (κ3) is 4.13. The van der Waals surface area contributed by atoms with E-state index >= 15 is 0 Å². The summed E-state index contributed by atoms with van der Waals surface area (Å²) in [5.74, 6) is 4.94. The summed E-state index contributed by atoms with van der Waals surface area (Å²) in [6.07, 6.45) is 7.87. The third-order valence-electron chi connectivity index (χ3n) is 12.1. The first-order valence-electron chi connectivity index (χ1n) is 15.6. The van der Waals surface area contributed by atoms with Crippen molar-refractivity contribution in [3.63, 3.8) is 0 Å². The molecule has 4 N–H and O–H groups in total. The fraction of sp³-hybridized carbons (Fsp3) is 0.571. The Hall–Kier alpha value is -2.93. The Labute approximate surface area is 262 Å². The highest BCUT2D eigenvalue weighted by atomic mass is 32.2. The van der Waals surface area contributed by atoms with Crippen LogP contribution in [0.5, 0.6) is 0 Å². The number of rotatable bonds is 5. The van der Waals surface area contributed by atoms with Crippen molar-refractivity contribution in [2.24, 2.45) is 38.3 Å². The topological polar surface area (TPSA) is 122 Å². The molecule has 0 heterocycles. The number of halogens is 1. The number of allylic oxidation sites excluding steroid dienone is 3. The molecule has 1 aromatic rings. The molecule has 0 amide bonds. The minimum atomic E-state index is -1.35. The van der Waals surface area contributed by atoms with Crippen LogP contribution in [0, 0.1) is 45.2 Å². The van der Waals surface area contributed by atoms with Gasteiger partial charge >= 0.3 is 5.97 Å². The Balaban J connectivity index is 1.38. The second-order valence-corrected chi connectivity index (χ2v) is 14.6. The van der Waals surface area contributed by atoms with Gasteiger partial charge in [0.15, 0.2) is 5.60 Å². The molecule has 7 atom stereocenters. The predicted molar refractivity (Wildman–Crippen MR) is 168 cm³/mol. The normalized spacial score (nSPS) is 40.1. The lowest BCUT2D eigenvalue weighted by Gasteiger charge is -2.60. The Morgan fingerprint density at radius 2 is 1.98 bits per heavy atom. The number of aliphatic hydroxyl groups excluding tert-OH is 2. The van der Waals surface area contributed by atoms with Crippen LogP contribution in [-0.4, -0.2) is 51.1 Å². The molecule has 234 valence electrons. The zero-order chi connectivity index (χ0) is 31.5. The summed E-state index contributed by atoms with van der Waals surface area (Å²) in [6, 6.07) is 6.08. The van der Waals surface area contributed by atoms with Crippen LogP contribution in [0.15, 0.2) is 52.7 Å². The van der Waals surface area contributed by atoms with Crippen LogP contribution in [0.25, 0.3) is 0 Å². The van der Waals surface area contributed by atoms with Crippen molar-refractivity contribution in [1.82, 2.24) is 0 Å². The largest absolute Gasteiger partial charge is 0.449 e. The van der Waals surface area contributed by atoms with Crippen molar-refractivity contribution >= 4 is 34.2 Å². The lowest BCUT2D eigenvalue weighted by molar-refractivity contribution is -0.196. The van der Waals surface area contributed by atoms with Gasteiger partial charge in [-0.3, -0.25) is 9.59 Å². The van der Waals surface area contributed by atoms with Crippen LogP contribution in [-0.2, 0) is 14.3 Å². The number of ether oxygens (including phenoxy) is 1. The van der Waals surface area contributed by atoms with Gasteiger partial charge in [-0.1, -0.05) is 49.9 Å². The summed E-state index contributed by atoms with van der Waals surface area (Å²) >= 11 is 1.04. The van der Waals surface area contributed by atoms with Gasteiger partial charge in [0.25, 0.3) is 0 Å². The molecule has 0 radical (unpaired) electrons. The van der Waals surface area contributed by atoms with Gasteiger partial charge in [0.1, 0.15) is 12.4 Å². The molecule has 4 fully saturated rings. The summed E-state index contributed by atoms with van der Waals surface area (Å²) < 4.78 is 19.7. The summed E-state index contributed by atoms with van der Waals surface area (Å²) in [7, 11) is 0. The first-order chi connectivity index (χ1) is 21.0. The maximum atomic E-state index is 14.0. The number of fused-ring (bicyclic) bond motifs is 2. The van der Waals surface area contributed by atoms with Gasteiger partial charge in [-0.2, -0.15) is 0 Å². The maximum Gasteiger partial charge on any atom is 0.306 e. The second kappa shape index (κ2) is 10.9. The SMILES string of the molecule is CCC(=O)O[C@]1(C(=O)SCC#CCO)CCC2C34CCC5=CC(=Nc6ccc(F)cc6)C(=CN)C[C@]5(C)C3(C4)[C@@H](O)C[C@@]21C. The quantitative estimate of drug-likeness (QED) is 0.299. The monoisotopic (exact) mass is 620 g/mol. The first kappa shape index (κ1) is 31.1. The first-order valence-corrected chi connectivity index (χ1v) is 16.6. The number of hydrogen-bond acceptors (Lipinski definition) is 8. The molecule has 44 heavy (non-hydrogen) atoms. The molecule has 0 spiro atoms. The summed E-state index contributed by atoms with van der Waals surface area (Å²) in [5.41, 5.74) is 6.73. The molecule has 5 aliphatic carbocycles. The Morgan fingerprint density at radius 3 is 2.66 bits per heavy atom. The van der Waals surface area contributed by atoms with E-state index < -0.39 is 28.5 Å². The third-order valence-corrected chi connectivity index (χ3v) is 12.9. The van der Waals surface area contributed by atoms with Gasteiger partial charge in [-0.15, -0.1) is 0 Å². The van der Waals surface area contributed by atoms with Crippen LogP contribution in [0.4, 0.5) is 10.1 Å². The standard InChI is InChI=1S/C35H41FN2O5S/c1-4-29(41)43-35(30(42)44-16-6-5-15-39)14-12-27-32(35,3)19-28(40)34-21-33(27,34)13-11-23-17-26(22(20-37)18-31(23,34)2)38-25-9-7-24(36)8-10-25/h7-10,17,20,27-28,39-40H,4,11-16,18-19,21,37H2,1-3H3/t27?,28-,31-,32-,33?,34?,35-/m0/s1. The van der Waals surface area contributed by atoms with Crippen LogP contribution < -0.4 is 5.73 Å². The smallest absolute Gasteiger partial charge is 0.306 e. The van der Waals surface area contributed by atoms with E-state index in [0.717, 1.165) is 48.7 Å². The molecule has 5 aliphatic rings. The Kier molecular flexibility index (Phi) is 7.66. The number of hydrogen-bond donors (Lipinski definition) is 3. The minimum Gasteiger partial charge on any atom is -0.449 e. The van der Waals surface area contributed by atoms with Crippen LogP contribution in [0.1, 0.15) is 72.1 Å². The van der Waals surface area contributed by atoms with Crippen molar-refractivity contribution in [3.8, 4) is 11.8 Å². The molecule has 0 saturated heterocycles. The summed E-state index contributed by atoms with van der Waals surface area (Å²) in [6.45, 7) is 5.75. The van der Waals surface area contributed by atoms with Crippen molar-refractivity contribution in [3.05, 3.63) is 53.5 Å².